The third-order valence-electron chi connectivity index (χ3n) is 3.36. The molecule has 1 N–H and O–H groups in total. The molecule has 2 aromatic rings. The van der Waals surface area contributed by atoms with E-state index < -0.39 is 35.2 Å². The highest BCUT2D eigenvalue weighted by molar-refractivity contribution is 5.96. The molecule has 128 valence electrons. The Balaban J connectivity index is 2.43. The monoisotopic (exact) mass is 341 g/mol. The van der Waals surface area contributed by atoms with Gasteiger partial charge in [-0.15, -0.1) is 0 Å². The smallest absolute Gasteiger partial charge is 0.416 e. The lowest BCUT2D eigenvalue weighted by atomic mass is 9.99. The molecule has 1 heterocycles. The van der Waals surface area contributed by atoms with Gasteiger partial charge in [-0.2, -0.15) is 13.2 Å². The number of halogens is 3. The van der Waals surface area contributed by atoms with Gasteiger partial charge in [-0.1, -0.05) is 18.2 Å². The van der Waals surface area contributed by atoms with Crippen LogP contribution >= 0.6 is 0 Å². The number of carbonyl (C=O) groups excluding carboxylic acids is 2. The largest absolute Gasteiger partial charge is 0.467 e. The Bertz CT molecular complexity index is 752. The van der Waals surface area contributed by atoms with Crippen LogP contribution in [0.25, 0.3) is 0 Å². The van der Waals surface area contributed by atoms with Crippen LogP contribution in [0.2, 0.25) is 0 Å². The first-order valence-corrected chi connectivity index (χ1v) is 6.84. The molecule has 24 heavy (non-hydrogen) atoms. The summed E-state index contributed by atoms with van der Waals surface area (Å²) in [6.07, 6.45) is -3.42. The van der Waals surface area contributed by atoms with Gasteiger partial charge in [-0.25, -0.2) is 4.79 Å². The van der Waals surface area contributed by atoms with Crippen molar-refractivity contribution in [1.29, 1.82) is 0 Å². The second kappa shape index (κ2) is 6.77. The summed E-state index contributed by atoms with van der Waals surface area (Å²) in [6, 6.07) is 4.37. The lowest BCUT2D eigenvalue weighted by Crippen LogP contribution is -2.36. The first-order chi connectivity index (χ1) is 11.3. The normalized spacial score (nSPS) is 12.5. The molecule has 0 aliphatic rings. The lowest BCUT2D eigenvalue weighted by molar-refractivity contribution is -0.144. The highest BCUT2D eigenvalue weighted by atomic mass is 19.4. The molecule has 0 radical (unpaired) electrons. The Hall–Kier alpha value is -2.77. The summed E-state index contributed by atoms with van der Waals surface area (Å²) in [5, 5.41) is 2.23. The van der Waals surface area contributed by atoms with Gasteiger partial charge in [0.1, 0.15) is 0 Å². The molecule has 0 saturated heterocycles. The van der Waals surface area contributed by atoms with E-state index in [0.29, 0.717) is 5.56 Å². The maximum atomic E-state index is 13.2. The Kier molecular flexibility index (Phi) is 4.96. The molecular formula is C16H14F3NO4. The fourth-order valence-corrected chi connectivity index (χ4v) is 2.19. The molecule has 0 unspecified atom stereocenters. The maximum Gasteiger partial charge on any atom is 0.416 e. The SMILES string of the molecule is COC(=O)[C@@H](NC(=O)c1occc1C)c1ccccc1C(F)(F)F. The van der Waals surface area contributed by atoms with Gasteiger partial charge in [0.2, 0.25) is 0 Å². The van der Waals surface area contributed by atoms with Gasteiger partial charge in [-0.3, -0.25) is 4.79 Å². The summed E-state index contributed by atoms with van der Waals surface area (Å²) in [5.41, 5.74) is -0.952. The number of rotatable bonds is 4. The standard InChI is InChI=1S/C16H14F3NO4/c1-9-7-8-24-13(9)14(21)20-12(15(22)23-2)10-5-3-4-6-11(10)16(17,18)19/h3-8,12H,1-2H3,(H,20,21)/t12-/m0/s1. The number of furan rings is 1. The fourth-order valence-electron chi connectivity index (χ4n) is 2.19. The zero-order valence-electron chi connectivity index (χ0n) is 12.8. The number of methoxy groups -OCH3 is 1. The van der Waals surface area contributed by atoms with Crippen molar-refractivity contribution in [2.24, 2.45) is 0 Å². The maximum absolute atomic E-state index is 13.2. The van der Waals surface area contributed by atoms with Crippen molar-refractivity contribution >= 4 is 11.9 Å². The van der Waals surface area contributed by atoms with Crippen LogP contribution in [0.15, 0.2) is 41.0 Å². The van der Waals surface area contributed by atoms with Gasteiger partial charge in [0.05, 0.1) is 18.9 Å². The van der Waals surface area contributed by atoms with Crippen molar-refractivity contribution in [1.82, 2.24) is 5.32 Å². The Morgan fingerprint density at radius 1 is 1.21 bits per heavy atom. The average Bonchev–Trinajstić information content (AvgIpc) is 2.97. The minimum absolute atomic E-state index is 0.0895. The summed E-state index contributed by atoms with van der Waals surface area (Å²) in [5.74, 6) is -1.93. The number of aryl methyl sites for hydroxylation is 1. The van der Waals surface area contributed by atoms with Crippen molar-refractivity contribution in [3.63, 3.8) is 0 Å². The summed E-state index contributed by atoms with van der Waals surface area (Å²) >= 11 is 0. The Morgan fingerprint density at radius 3 is 2.42 bits per heavy atom. The quantitative estimate of drug-likeness (QED) is 0.867. The van der Waals surface area contributed by atoms with E-state index in [4.69, 9.17) is 4.42 Å². The van der Waals surface area contributed by atoms with E-state index in [1.165, 1.54) is 24.5 Å². The van der Waals surface area contributed by atoms with Gasteiger partial charge in [0.25, 0.3) is 5.91 Å². The van der Waals surface area contributed by atoms with E-state index >= 15 is 0 Å². The van der Waals surface area contributed by atoms with Crippen LogP contribution in [0.1, 0.15) is 33.3 Å². The summed E-state index contributed by atoms with van der Waals surface area (Å²) in [6.45, 7) is 1.59. The van der Waals surface area contributed by atoms with E-state index in [9.17, 15) is 22.8 Å². The number of esters is 1. The summed E-state index contributed by atoms with van der Waals surface area (Å²) < 4.78 is 49.0. The molecule has 0 aliphatic heterocycles. The molecule has 5 nitrogen and oxygen atoms in total. The second-order valence-electron chi connectivity index (χ2n) is 4.95. The molecule has 1 amide bonds. The van der Waals surface area contributed by atoms with E-state index in [-0.39, 0.29) is 5.76 Å². The van der Waals surface area contributed by atoms with Gasteiger partial charge < -0.3 is 14.5 Å². The number of benzene rings is 1. The third kappa shape index (κ3) is 3.58. The molecule has 1 aromatic heterocycles. The van der Waals surface area contributed by atoms with Gasteiger partial charge in [-0.05, 0) is 24.6 Å². The predicted octanol–water partition coefficient (Wildman–Crippen LogP) is 3.25. The van der Waals surface area contributed by atoms with Crippen LogP contribution in [0.4, 0.5) is 13.2 Å². The van der Waals surface area contributed by atoms with Crippen LogP contribution in [-0.4, -0.2) is 19.0 Å². The number of hydrogen-bond acceptors (Lipinski definition) is 4. The number of amides is 1. The van der Waals surface area contributed by atoms with Gasteiger partial charge >= 0.3 is 12.1 Å². The number of carbonyl (C=O) groups is 2. The zero-order valence-corrected chi connectivity index (χ0v) is 12.8. The molecular weight excluding hydrogens is 327 g/mol. The zero-order chi connectivity index (χ0) is 17.9. The average molecular weight is 341 g/mol. The van der Waals surface area contributed by atoms with E-state index in [2.05, 4.69) is 10.1 Å². The predicted molar refractivity (Wildman–Crippen MR) is 77.1 cm³/mol. The number of alkyl halides is 3. The molecule has 0 bridgehead atoms. The van der Waals surface area contributed by atoms with E-state index in [1.54, 1.807) is 6.92 Å². The minimum Gasteiger partial charge on any atom is -0.467 e. The number of nitrogens with one attached hydrogen (secondary N) is 1. The molecule has 2 rings (SSSR count). The summed E-state index contributed by atoms with van der Waals surface area (Å²) in [4.78, 5) is 24.1. The van der Waals surface area contributed by atoms with Crippen molar-refractivity contribution in [3.05, 3.63) is 59.0 Å². The molecule has 0 fully saturated rings. The highest BCUT2D eigenvalue weighted by Crippen LogP contribution is 2.35. The first-order valence-electron chi connectivity index (χ1n) is 6.84. The summed E-state index contributed by atoms with van der Waals surface area (Å²) in [7, 11) is 1.02. The minimum atomic E-state index is -4.69. The van der Waals surface area contributed by atoms with E-state index in [0.717, 1.165) is 19.2 Å². The molecule has 8 heteroatoms. The van der Waals surface area contributed by atoms with Crippen LogP contribution in [-0.2, 0) is 15.7 Å². The third-order valence-corrected chi connectivity index (χ3v) is 3.36. The van der Waals surface area contributed by atoms with Crippen molar-refractivity contribution in [3.8, 4) is 0 Å². The molecule has 0 saturated carbocycles. The molecule has 1 aromatic carbocycles. The second-order valence-corrected chi connectivity index (χ2v) is 4.95. The Labute approximate surface area is 135 Å². The number of hydrogen-bond donors (Lipinski definition) is 1. The molecule has 0 spiro atoms. The van der Waals surface area contributed by atoms with Crippen LogP contribution in [0.3, 0.4) is 0 Å². The molecule has 0 aliphatic carbocycles. The fraction of sp³-hybridized carbons (Fsp3) is 0.250. The van der Waals surface area contributed by atoms with Gasteiger partial charge in [0.15, 0.2) is 11.8 Å². The van der Waals surface area contributed by atoms with Crippen molar-refractivity contribution in [2.45, 2.75) is 19.1 Å². The molecule has 1 atom stereocenters. The van der Waals surface area contributed by atoms with Crippen molar-refractivity contribution < 1.29 is 31.9 Å². The van der Waals surface area contributed by atoms with Gasteiger partial charge in [0, 0.05) is 5.56 Å². The first kappa shape index (κ1) is 17.6. The lowest BCUT2D eigenvalue weighted by Gasteiger charge is -2.20. The highest BCUT2D eigenvalue weighted by Gasteiger charge is 2.38. The van der Waals surface area contributed by atoms with Crippen molar-refractivity contribution in [2.75, 3.05) is 7.11 Å². The van der Waals surface area contributed by atoms with Crippen LogP contribution in [0.5, 0.6) is 0 Å². The van der Waals surface area contributed by atoms with E-state index in [1.807, 2.05) is 0 Å². The topological polar surface area (TPSA) is 68.5 Å². The number of ether oxygens (including phenoxy) is 1. The van der Waals surface area contributed by atoms with Crippen LogP contribution in [0, 0.1) is 6.92 Å². The Morgan fingerprint density at radius 2 is 1.88 bits per heavy atom. The van der Waals surface area contributed by atoms with Crippen LogP contribution < -0.4 is 5.32 Å².